The van der Waals surface area contributed by atoms with Gasteiger partial charge in [-0.2, -0.15) is 4.98 Å². The third-order valence-corrected chi connectivity index (χ3v) is 4.97. The second kappa shape index (κ2) is 11.1. The number of aryl methyl sites for hydroxylation is 2. The highest BCUT2D eigenvalue weighted by atomic mass is 16.5. The van der Waals surface area contributed by atoms with Gasteiger partial charge in [0, 0.05) is 30.6 Å². The van der Waals surface area contributed by atoms with E-state index in [1.807, 2.05) is 62.4 Å². The molecule has 32 heavy (non-hydrogen) atoms. The summed E-state index contributed by atoms with van der Waals surface area (Å²) in [4.78, 5) is 31.2. The third-order valence-electron chi connectivity index (χ3n) is 4.97. The Morgan fingerprint density at radius 2 is 1.88 bits per heavy atom. The largest absolute Gasteiger partial charge is 0.497 e. The average molecular weight is 437 g/mol. The van der Waals surface area contributed by atoms with Crippen LogP contribution in [0.1, 0.15) is 31.2 Å². The Hall–Kier alpha value is -3.68. The number of amides is 2. The van der Waals surface area contributed by atoms with E-state index in [1.165, 1.54) is 0 Å². The Bertz CT molecular complexity index is 1050. The fourth-order valence-corrected chi connectivity index (χ4v) is 3.22. The molecule has 0 aliphatic carbocycles. The zero-order chi connectivity index (χ0) is 22.9. The Morgan fingerprint density at radius 1 is 1.12 bits per heavy atom. The molecule has 0 fully saturated rings. The van der Waals surface area contributed by atoms with E-state index in [9.17, 15) is 9.59 Å². The van der Waals surface area contributed by atoms with Crippen LogP contribution in [0.25, 0.3) is 11.4 Å². The van der Waals surface area contributed by atoms with Gasteiger partial charge in [0.05, 0.1) is 13.7 Å². The summed E-state index contributed by atoms with van der Waals surface area (Å²) in [5, 5.41) is 6.86. The molecule has 2 amide bonds. The van der Waals surface area contributed by atoms with Gasteiger partial charge in [0.25, 0.3) is 0 Å². The van der Waals surface area contributed by atoms with Crippen molar-refractivity contribution in [3.8, 4) is 17.1 Å². The quantitative estimate of drug-likeness (QED) is 0.518. The molecule has 3 aromatic rings. The molecular weight excluding hydrogens is 408 g/mol. The molecule has 0 saturated heterocycles. The Balaban J connectivity index is 1.56. The Kier molecular flexibility index (Phi) is 7.96. The predicted molar refractivity (Wildman–Crippen MR) is 121 cm³/mol. The molecule has 1 heterocycles. The summed E-state index contributed by atoms with van der Waals surface area (Å²) in [6.07, 6.45) is 1.25. The molecule has 0 aliphatic heterocycles. The average Bonchev–Trinajstić information content (AvgIpc) is 3.28. The molecule has 1 N–H and O–H groups in total. The van der Waals surface area contributed by atoms with Crippen molar-refractivity contribution in [3.63, 3.8) is 0 Å². The smallest absolute Gasteiger partial charge is 0.244 e. The normalized spacial score (nSPS) is 10.6. The van der Waals surface area contributed by atoms with Crippen molar-refractivity contribution >= 4 is 17.5 Å². The Labute approximate surface area is 187 Å². The molecular formula is C24H28N4O4. The summed E-state index contributed by atoms with van der Waals surface area (Å²) < 4.78 is 10.4. The van der Waals surface area contributed by atoms with Gasteiger partial charge in [-0.15, -0.1) is 0 Å². The number of hydrogen-bond acceptors (Lipinski definition) is 6. The summed E-state index contributed by atoms with van der Waals surface area (Å²) in [5.74, 6) is 1.23. The van der Waals surface area contributed by atoms with Gasteiger partial charge in [-0.25, -0.2) is 0 Å². The number of para-hydroxylation sites is 1. The van der Waals surface area contributed by atoms with E-state index < -0.39 is 0 Å². The number of ether oxygens (including phenoxy) is 1. The van der Waals surface area contributed by atoms with Crippen molar-refractivity contribution < 1.29 is 18.8 Å². The highest BCUT2D eigenvalue weighted by Crippen LogP contribution is 2.20. The number of carbonyl (C=O) groups excluding carboxylic acids is 2. The molecule has 0 saturated carbocycles. The molecule has 0 unspecified atom stereocenters. The van der Waals surface area contributed by atoms with Crippen LogP contribution < -0.4 is 10.1 Å². The van der Waals surface area contributed by atoms with Crippen LogP contribution >= 0.6 is 0 Å². The molecule has 0 aliphatic rings. The molecule has 1 aromatic heterocycles. The number of carbonyl (C=O) groups is 2. The van der Waals surface area contributed by atoms with Gasteiger partial charge in [-0.05, 0) is 49.2 Å². The summed E-state index contributed by atoms with van der Waals surface area (Å²) in [7, 11) is 1.60. The summed E-state index contributed by atoms with van der Waals surface area (Å²) in [5.41, 5.74) is 2.52. The zero-order valence-electron chi connectivity index (χ0n) is 18.6. The lowest BCUT2D eigenvalue weighted by atomic mass is 10.2. The van der Waals surface area contributed by atoms with Gasteiger partial charge in [0.1, 0.15) is 5.75 Å². The minimum absolute atomic E-state index is 0.00192. The van der Waals surface area contributed by atoms with Gasteiger partial charge in [0.15, 0.2) is 0 Å². The van der Waals surface area contributed by atoms with E-state index in [2.05, 4.69) is 15.5 Å². The van der Waals surface area contributed by atoms with Gasteiger partial charge in [-0.1, -0.05) is 30.3 Å². The SMILES string of the molecule is CCCN(CC(=O)Nc1ccccc1C)C(=O)CCc1nc(-c2ccc(OC)cc2)no1. The maximum Gasteiger partial charge on any atom is 0.244 e. The third kappa shape index (κ3) is 6.16. The highest BCUT2D eigenvalue weighted by Gasteiger charge is 2.18. The number of hydrogen-bond donors (Lipinski definition) is 1. The summed E-state index contributed by atoms with van der Waals surface area (Å²) in [6, 6.07) is 14.9. The second-order valence-electron chi connectivity index (χ2n) is 7.42. The maximum atomic E-state index is 12.8. The molecule has 0 bridgehead atoms. The van der Waals surface area contributed by atoms with E-state index in [1.54, 1.807) is 12.0 Å². The van der Waals surface area contributed by atoms with Crippen LogP contribution in [0.4, 0.5) is 5.69 Å². The molecule has 2 aromatic carbocycles. The second-order valence-corrected chi connectivity index (χ2v) is 7.42. The minimum atomic E-state index is -0.222. The molecule has 168 valence electrons. The highest BCUT2D eigenvalue weighted by molar-refractivity contribution is 5.95. The number of benzene rings is 2. The fraction of sp³-hybridized carbons (Fsp3) is 0.333. The van der Waals surface area contributed by atoms with Crippen molar-refractivity contribution in [2.24, 2.45) is 0 Å². The van der Waals surface area contributed by atoms with Crippen molar-refractivity contribution in [2.45, 2.75) is 33.1 Å². The standard InChI is InChI=1S/C24H28N4O4/c1-4-15-28(16-21(29)25-20-8-6-5-7-17(20)2)23(30)14-13-22-26-24(27-32-22)18-9-11-19(31-3)12-10-18/h5-12H,4,13-16H2,1-3H3,(H,25,29). The maximum absolute atomic E-state index is 12.8. The number of nitrogens with one attached hydrogen (secondary N) is 1. The summed E-state index contributed by atoms with van der Waals surface area (Å²) >= 11 is 0. The first kappa shape index (κ1) is 23.0. The van der Waals surface area contributed by atoms with Gasteiger partial charge in [-0.3, -0.25) is 9.59 Å². The summed E-state index contributed by atoms with van der Waals surface area (Å²) in [6.45, 7) is 4.40. The van der Waals surface area contributed by atoms with E-state index in [-0.39, 0.29) is 24.8 Å². The van der Waals surface area contributed by atoms with Crippen molar-refractivity contribution in [3.05, 3.63) is 60.0 Å². The van der Waals surface area contributed by atoms with Gasteiger partial charge < -0.3 is 19.5 Å². The van der Waals surface area contributed by atoms with Gasteiger partial charge in [0.2, 0.25) is 23.5 Å². The van der Waals surface area contributed by atoms with Crippen LogP contribution in [0.15, 0.2) is 53.1 Å². The van der Waals surface area contributed by atoms with E-state index >= 15 is 0 Å². The number of nitrogens with zero attached hydrogens (tertiary/aromatic N) is 3. The number of rotatable bonds is 10. The lowest BCUT2D eigenvalue weighted by Crippen LogP contribution is -2.38. The number of methoxy groups -OCH3 is 1. The van der Waals surface area contributed by atoms with E-state index in [0.29, 0.717) is 24.7 Å². The van der Waals surface area contributed by atoms with Gasteiger partial charge >= 0.3 is 0 Å². The van der Waals surface area contributed by atoms with Crippen molar-refractivity contribution in [2.75, 3.05) is 25.5 Å². The number of anilines is 1. The van der Waals surface area contributed by atoms with Crippen LogP contribution in [0.2, 0.25) is 0 Å². The van der Waals surface area contributed by atoms with Crippen LogP contribution in [0.3, 0.4) is 0 Å². The number of aromatic nitrogens is 2. The monoisotopic (exact) mass is 436 g/mol. The topological polar surface area (TPSA) is 97.6 Å². The molecule has 0 atom stereocenters. The minimum Gasteiger partial charge on any atom is -0.497 e. The lowest BCUT2D eigenvalue weighted by Gasteiger charge is -2.21. The lowest BCUT2D eigenvalue weighted by molar-refractivity contribution is -0.134. The molecule has 0 radical (unpaired) electrons. The van der Waals surface area contributed by atoms with Crippen LogP contribution in [0, 0.1) is 6.92 Å². The fourth-order valence-electron chi connectivity index (χ4n) is 3.22. The van der Waals surface area contributed by atoms with Crippen molar-refractivity contribution in [1.29, 1.82) is 0 Å². The first-order valence-electron chi connectivity index (χ1n) is 10.6. The van der Waals surface area contributed by atoms with Crippen LogP contribution in [0.5, 0.6) is 5.75 Å². The van der Waals surface area contributed by atoms with Crippen LogP contribution in [-0.4, -0.2) is 47.1 Å². The molecule has 8 heteroatoms. The predicted octanol–water partition coefficient (Wildman–Crippen LogP) is 3.86. The van der Waals surface area contributed by atoms with Crippen LogP contribution in [-0.2, 0) is 16.0 Å². The Morgan fingerprint density at radius 3 is 2.56 bits per heavy atom. The first-order chi connectivity index (χ1) is 15.5. The molecule has 0 spiro atoms. The first-order valence-corrected chi connectivity index (χ1v) is 10.6. The molecule has 8 nitrogen and oxygen atoms in total. The van der Waals surface area contributed by atoms with E-state index in [0.717, 1.165) is 29.0 Å². The zero-order valence-corrected chi connectivity index (χ0v) is 18.6. The van der Waals surface area contributed by atoms with E-state index in [4.69, 9.17) is 9.26 Å². The van der Waals surface area contributed by atoms with Crippen molar-refractivity contribution in [1.82, 2.24) is 15.0 Å². The molecule has 3 rings (SSSR count).